The van der Waals surface area contributed by atoms with Gasteiger partial charge < -0.3 is 13.9 Å². The minimum atomic E-state index is -0.411. The molecule has 31 heavy (non-hydrogen) atoms. The first-order valence-electron chi connectivity index (χ1n) is 11.6. The van der Waals surface area contributed by atoms with E-state index in [1.165, 1.54) is 7.11 Å². The average Bonchev–Trinajstić information content (AvgIpc) is 3.18. The number of fused-ring (bicyclic) bond motifs is 1. The highest BCUT2D eigenvalue weighted by Crippen LogP contribution is 2.61. The maximum atomic E-state index is 12.9. The molecule has 0 amide bonds. The Hall–Kier alpha value is -2.04. The standard InChI is InChI=1S/C26H38O5/c1-17(2)14-22(27)31-21-15-19(24(28)29-6)20(9-8-18-10-13-30-16-18)26(5)12-7-11-25(3,4)23(21)26/h10,13,15-17,20-21,23H,7-9,11-12,14H2,1-6H3/t20-,21-,23-,26+/m0/s1. The first kappa shape index (κ1) is 23.6. The summed E-state index contributed by atoms with van der Waals surface area (Å²) in [5.41, 5.74) is 1.63. The van der Waals surface area contributed by atoms with Gasteiger partial charge in [-0.3, -0.25) is 4.79 Å². The van der Waals surface area contributed by atoms with Gasteiger partial charge in [-0.25, -0.2) is 4.79 Å². The van der Waals surface area contributed by atoms with Crippen molar-refractivity contribution in [1.82, 2.24) is 0 Å². The second-order valence-electron chi connectivity index (χ2n) is 10.7. The van der Waals surface area contributed by atoms with Crippen LogP contribution in [0.15, 0.2) is 34.7 Å². The third-order valence-corrected chi connectivity index (χ3v) is 7.50. The van der Waals surface area contributed by atoms with Crippen molar-refractivity contribution in [3.63, 3.8) is 0 Å². The van der Waals surface area contributed by atoms with E-state index in [-0.39, 0.29) is 40.5 Å². The van der Waals surface area contributed by atoms with Gasteiger partial charge in [-0.1, -0.05) is 41.0 Å². The quantitative estimate of drug-likeness (QED) is 0.517. The molecule has 1 heterocycles. The number of esters is 2. The number of methoxy groups -OCH3 is 1. The van der Waals surface area contributed by atoms with Crippen LogP contribution in [0.1, 0.15) is 72.3 Å². The van der Waals surface area contributed by atoms with Gasteiger partial charge in [0.1, 0.15) is 6.10 Å². The van der Waals surface area contributed by atoms with Crippen LogP contribution in [0, 0.1) is 28.6 Å². The third kappa shape index (κ3) is 4.91. The highest BCUT2D eigenvalue weighted by Gasteiger charge is 2.58. The molecule has 3 rings (SSSR count). The molecule has 5 nitrogen and oxygen atoms in total. The molecule has 1 saturated carbocycles. The molecule has 2 aliphatic carbocycles. The molecule has 0 bridgehead atoms. The normalized spacial score (nSPS) is 29.8. The SMILES string of the molecule is COC(=O)C1=C[C@H](OC(=O)CC(C)C)[C@H]2C(C)(C)CCC[C@]2(C)[C@H]1CCc1ccoc1. The van der Waals surface area contributed by atoms with E-state index in [9.17, 15) is 9.59 Å². The number of furan rings is 1. The van der Waals surface area contributed by atoms with Gasteiger partial charge in [0.05, 0.1) is 19.6 Å². The molecule has 4 atom stereocenters. The zero-order chi connectivity index (χ0) is 22.8. The van der Waals surface area contributed by atoms with E-state index in [2.05, 4.69) is 20.8 Å². The number of carbonyl (C=O) groups is 2. The molecule has 1 fully saturated rings. The maximum Gasteiger partial charge on any atom is 0.333 e. The lowest BCUT2D eigenvalue weighted by molar-refractivity contribution is -0.166. The molecule has 1 aromatic heterocycles. The summed E-state index contributed by atoms with van der Waals surface area (Å²) in [4.78, 5) is 25.5. The monoisotopic (exact) mass is 430 g/mol. The van der Waals surface area contributed by atoms with Crippen LogP contribution >= 0.6 is 0 Å². The van der Waals surface area contributed by atoms with Crippen LogP contribution < -0.4 is 0 Å². The van der Waals surface area contributed by atoms with E-state index < -0.39 is 6.10 Å². The second kappa shape index (κ2) is 9.22. The molecule has 2 aliphatic rings. The molecular weight excluding hydrogens is 392 g/mol. The van der Waals surface area contributed by atoms with Crippen LogP contribution in [0.3, 0.4) is 0 Å². The Morgan fingerprint density at radius 1 is 1.23 bits per heavy atom. The third-order valence-electron chi connectivity index (χ3n) is 7.50. The van der Waals surface area contributed by atoms with Gasteiger partial charge in [-0.15, -0.1) is 0 Å². The smallest absolute Gasteiger partial charge is 0.333 e. The summed E-state index contributed by atoms with van der Waals surface area (Å²) in [6, 6.07) is 1.98. The van der Waals surface area contributed by atoms with Crippen molar-refractivity contribution in [3.05, 3.63) is 35.8 Å². The minimum Gasteiger partial charge on any atom is -0.472 e. The lowest BCUT2D eigenvalue weighted by Crippen LogP contribution is -2.56. The topological polar surface area (TPSA) is 65.7 Å². The van der Waals surface area contributed by atoms with Crippen LogP contribution in [0.2, 0.25) is 0 Å². The summed E-state index contributed by atoms with van der Waals surface area (Å²) in [6.45, 7) is 10.9. The van der Waals surface area contributed by atoms with Gasteiger partial charge >= 0.3 is 11.9 Å². The zero-order valence-corrected chi connectivity index (χ0v) is 19.9. The van der Waals surface area contributed by atoms with Crippen molar-refractivity contribution in [3.8, 4) is 0 Å². The number of aryl methyl sites for hydroxylation is 1. The Balaban J connectivity index is 2.01. The summed E-state index contributed by atoms with van der Waals surface area (Å²) in [5.74, 6) is -0.0908. The molecule has 0 aromatic carbocycles. The summed E-state index contributed by atoms with van der Waals surface area (Å²) in [6.07, 6.45) is 10.2. The number of hydrogen-bond donors (Lipinski definition) is 0. The molecule has 0 aliphatic heterocycles. The van der Waals surface area contributed by atoms with Gasteiger partial charge in [0.25, 0.3) is 0 Å². The fraction of sp³-hybridized carbons (Fsp3) is 0.692. The van der Waals surface area contributed by atoms with Crippen LogP contribution in [0.25, 0.3) is 0 Å². The Kier molecular flexibility index (Phi) is 7.02. The number of carbonyl (C=O) groups excluding carboxylic acids is 2. The molecule has 0 N–H and O–H groups in total. The van der Waals surface area contributed by atoms with Crippen molar-refractivity contribution in [2.45, 2.75) is 79.2 Å². The van der Waals surface area contributed by atoms with Gasteiger partial charge in [-0.2, -0.15) is 0 Å². The fourth-order valence-electron chi connectivity index (χ4n) is 6.28. The first-order chi connectivity index (χ1) is 14.6. The molecular formula is C26H38O5. The van der Waals surface area contributed by atoms with Crippen molar-refractivity contribution >= 4 is 11.9 Å². The molecule has 5 heteroatoms. The fourth-order valence-corrected chi connectivity index (χ4v) is 6.28. The Morgan fingerprint density at radius 3 is 2.58 bits per heavy atom. The van der Waals surface area contributed by atoms with E-state index in [4.69, 9.17) is 13.9 Å². The predicted octanol–water partition coefficient (Wildman–Crippen LogP) is 5.73. The van der Waals surface area contributed by atoms with Crippen molar-refractivity contribution in [2.24, 2.45) is 28.6 Å². The van der Waals surface area contributed by atoms with E-state index in [0.717, 1.165) is 37.7 Å². The molecule has 0 saturated heterocycles. The average molecular weight is 431 g/mol. The second-order valence-corrected chi connectivity index (χ2v) is 10.7. The minimum absolute atomic E-state index is 0.00180. The Morgan fingerprint density at radius 2 is 1.97 bits per heavy atom. The van der Waals surface area contributed by atoms with Crippen LogP contribution in [0.4, 0.5) is 0 Å². The van der Waals surface area contributed by atoms with Crippen molar-refractivity contribution in [2.75, 3.05) is 7.11 Å². The van der Waals surface area contributed by atoms with Crippen molar-refractivity contribution in [1.29, 1.82) is 0 Å². The van der Waals surface area contributed by atoms with E-state index in [1.807, 2.05) is 26.0 Å². The molecule has 172 valence electrons. The summed E-state index contributed by atoms with van der Waals surface area (Å²) in [7, 11) is 1.43. The number of ether oxygens (including phenoxy) is 2. The van der Waals surface area contributed by atoms with Gasteiger partial charge in [0, 0.05) is 17.9 Å². The van der Waals surface area contributed by atoms with Gasteiger partial charge in [-0.05, 0) is 66.1 Å². The van der Waals surface area contributed by atoms with Crippen molar-refractivity contribution < 1.29 is 23.5 Å². The van der Waals surface area contributed by atoms with Gasteiger partial charge in [0.15, 0.2) is 0 Å². The van der Waals surface area contributed by atoms with Crippen LogP contribution in [0.5, 0.6) is 0 Å². The number of hydrogen-bond acceptors (Lipinski definition) is 5. The van der Waals surface area contributed by atoms with E-state index in [0.29, 0.717) is 12.0 Å². The Labute approximate surface area is 186 Å². The molecule has 0 unspecified atom stereocenters. The first-order valence-corrected chi connectivity index (χ1v) is 11.6. The summed E-state index contributed by atoms with van der Waals surface area (Å²) >= 11 is 0. The van der Waals surface area contributed by atoms with Crippen LogP contribution in [-0.4, -0.2) is 25.2 Å². The highest BCUT2D eigenvalue weighted by atomic mass is 16.5. The summed E-state index contributed by atoms with van der Waals surface area (Å²) < 4.78 is 16.5. The number of rotatable bonds is 7. The molecule has 1 aromatic rings. The zero-order valence-electron chi connectivity index (χ0n) is 19.9. The van der Waals surface area contributed by atoms with Crippen LogP contribution in [-0.2, 0) is 25.5 Å². The highest BCUT2D eigenvalue weighted by molar-refractivity contribution is 5.89. The predicted molar refractivity (Wildman–Crippen MR) is 119 cm³/mol. The lowest BCUT2D eigenvalue weighted by atomic mass is 9.47. The summed E-state index contributed by atoms with van der Waals surface area (Å²) in [5, 5.41) is 0. The Bertz CT molecular complexity index is 804. The van der Waals surface area contributed by atoms with E-state index >= 15 is 0 Å². The largest absolute Gasteiger partial charge is 0.472 e. The maximum absolute atomic E-state index is 12.9. The molecule has 0 spiro atoms. The molecule has 0 radical (unpaired) electrons. The van der Waals surface area contributed by atoms with E-state index in [1.54, 1.807) is 12.5 Å². The van der Waals surface area contributed by atoms with Gasteiger partial charge in [0.2, 0.25) is 0 Å². The lowest BCUT2D eigenvalue weighted by Gasteiger charge is -2.58.